The Morgan fingerprint density at radius 1 is 1.39 bits per heavy atom. The van der Waals surface area contributed by atoms with Crippen molar-refractivity contribution in [1.82, 2.24) is 4.90 Å². The highest BCUT2D eigenvalue weighted by Gasteiger charge is 2.29. The minimum Gasteiger partial charge on any atom is -0.380 e. The molecule has 1 fully saturated rings. The molecule has 0 spiro atoms. The second-order valence-electron chi connectivity index (χ2n) is 6.34. The minimum atomic E-state index is -1.02. The first-order valence-electron chi connectivity index (χ1n) is 8.15. The average molecular weight is 315 g/mol. The molecule has 0 unspecified atom stereocenters. The standard InChI is InChI=1S/C19H25NO3/c1-4-23-14-17-6-5-13-20(17)18(21)16-9-7-15(8-10-16)11-12-19(2,3)22/h7-10,17,22H,4-6,13-14H2,1-3H3/t17-/m0/s1. The predicted molar refractivity (Wildman–Crippen MR) is 90.2 cm³/mol. The van der Waals surface area contributed by atoms with Gasteiger partial charge in [0, 0.05) is 24.3 Å². The molecule has 0 bridgehead atoms. The van der Waals surface area contributed by atoms with E-state index < -0.39 is 5.60 Å². The van der Waals surface area contributed by atoms with Crippen LogP contribution < -0.4 is 0 Å². The summed E-state index contributed by atoms with van der Waals surface area (Å²) in [6.07, 6.45) is 2.03. The van der Waals surface area contributed by atoms with E-state index in [1.54, 1.807) is 26.0 Å². The number of ether oxygens (including phenoxy) is 1. The number of benzene rings is 1. The number of nitrogens with zero attached hydrogens (tertiary/aromatic N) is 1. The molecule has 1 amide bonds. The topological polar surface area (TPSA) is 49.8 Å². The highest BCUT2D eigenvalue weighted by Crippen LogP contribution is 2.20. The number of rotatable bonds is 4. The Morgan fingerprint density at radius 2 is 2.09 bits per heavy atom. The van der Waals surface area contributed by atoms with Gasteiger partial charge in [-0.1, -0.05) is 11.8 Å². The van der Waals surface area contributed by atoms with E-state index in [9.17, 15) is 9.90 Å². The Morgan fingerprint density at radius 3 is 2.70 bits per heavy atom. The molecule has 1 aromatic carbocycles. The molecule has 0 radical (unpaired) electrons. The molecule has 0 aromatic heterocycles. The molecular formula is C19H25NO3. The van der Waals surface area contributed by atoms with Crippen molar-refractivity contribution in [2.45, 2.75) is 45.3 Å². The number of carbonyl (C=O) groups excluding carboxylic acids is 1. The Hall–Kier alpha value is -1.83. The molecule has 1 saturated heterocycles. The van der Waals surface area contributed by atoms with Crippen LogP contribution in [0.15, 0.2) is 24.3 Å². The van der Waals surface area contributed by atoms with Crippen molar-refractivity contribution < 1.29 is 14.6 Å². The van der Waals surface area contributed by atoms with E-state index >= 15 is 0 Å². The van der Waals surface area contributed by atoms with Crippen molar-refractivity contribution >= 4 is 5.91 Å². The number of carbonyl (C=O) groups is 1. The molecule has 4 nitrogen and oxygen atoms in total. The first-order chi connectivity index (χ1) is 10.9. The highest BCUT2D eigenvalue weighted by atomic mass is 16.5. The van der Waals surface area contributed by atoms with Gasteiger partial charge in [0.15, 0.2) is 0 Å². The van der Waals surface area contributed by atoms with Crippen LogP contribution in [0.2, 0.25) is 0 Å². The van der Waals surface area contributed by atoms with Gasteiger partial charge in [-0.2, -0.15) is 0 Å². The molecule has 1 atom stereocenters. The summed E-state index contributed by atoms with van der Waals surface area (Å²) in [5, 5.41) is 9.62. The van der Waals surface area contributed by atoms with Crippen molar-refractivity contribution in [2.24, 2.45) is 0 Å². The van der Waals surface area contributed by atoms with E-state index in [0.717, 1.165) is 24.9 Å². The zero-order valence-corrected chi connectivity index (χ0v) is 14.1. The highest BCUT2D eigenvalue weighted by molar-refractivity contribution is 5.94. The molecule has 1 aromatic rings. The Balaban J connectivity index is 2.06. The Kier molecular flexibility index (Phi) is 5.81. The summed E-state index contributed by atoms with van der Waals surface area (Å²) in [5.74, 6) is 5.73. The molecule has 0 aliphatic carbocycles. The van der Waals surface area contributed by atoms with Crippen LogP contribution in [0.3, 0.4) is 0 Å². The predicted octanol–water partition coefficient (Wildman–Crippen LogP) is 2.45. The molecule has 1 aliphatic rings. The third kappa shape index (κ3) is 5.09. The summed E-state index contributed by atoms with van der Waals surface area (Å²) in [4.78, 5) is 14.6. The normalized spacial score (nSPS) is 17.7. The minimum absolute atomic E-state index is 0.0502. The molecule has 0 saturated carbocycles. The van der Waals surface area contributed by atoms with Gasteiger partial charge in [-0.15, -0.1) is 0 Å². The van der Waals surface area contributed by atoms with Crippen LogP contribution in [-0.4, -0.2) is 47.3 Å². The third-order valence-corrected chi connectivity index (χ3v) is 3.80. The lowest BCUT2D eigenvalue weighted by atomic mass is 10.1. The lowest BCUT2D eigenvalue weighted by Gasteiger charge is -2.24. The number of likely N-dealkylation sites (tertiary alicyclic amines) is 1. The van der Waals surface area contributed by atoms with Crippen LogP contribution in [-0.2, 0) is 4.74 Å². The van der Waals surface area contributed by atoms with Crippen LogP contribution in [0, 0.1) is 11.8 Å². The van der Waals surface area contributed by atoms with Crippen molar-refractivity contribution in [1.29, 1.82) is 0 Å². The van der Waals surface area contributed by atoms with Gasteiger partial charge in [0.2, 0.25) is 0 Å². The lowest BCUT2D eigenvalue weighted by Crippen LogP contribution is -2.38. The fourth-order valence-electron chi connectivity index (χ4n) is 2.62. The fourth-order valence-corrected chi connectivity index (χ4v) is 2.62. The molecule has 23 heavy (non-hydrogen) atoms. The Bertz CT molecular complexity index is 590. The number of amides is 1. The van der Waals surface area contributed by atoms with Gasteiger partial charge in [-0.3, -0.25) is 4.79 Å². The van der Waals surface area contributed by atoms with Gasteiger partial charge in [0.05, 0.1) is 12.6 Å². The van der Waals surface area contributed by atoms with Crippen LogP contribution in [0.1, 0.15) is 49.5 Å². The smallest absolute Gasteiger partial charge is 0.254 e. The van der Waals surface area contributed by atoms with Gasteiger partial charge in [-0.05, 0) is 57.9 Å². The summed E-state index contributed by atoms with van der Waals surface area (Å²) < 4.78 is 5.48. The summed E-state index contributed by atoms with van der Waals surface area (Å²) in [5.41, 5.74) is 0.439. The summed E-state index contributed by atoms with van der Waals surface area (Å²) >= 11 is 0. The number of hydrogen-bond acceptors (Lipinski definition) is 3. The van der Waals surface area contributed by atoms with Crippen molar-refractivity contribution in [3.63, 3.8) is 0 Å². The first kappa shape index (κ1) is 17.5. The van der Waals surface area contributed by atoms with Crippen molar-refractivity contribution in [3.8, 4) is 11.8 Å². The molecule has 2 rings (SSSR count). The van der Waals surface area contributed by atoms with Gasteiger partial charge < -0.3 is 14.7 Å². The summed E-state index contributed by atoms with van der Waals surface area (Å²) in [6, 6.07) is 7.41. The molecule has 1 N–H and O–H groups in total. The second-order valence-corrected chi connectivity index (χ2v) is 6.34. The van der Waals surface area contributed by atoms with E-state index in [2.05, 4.69) is 11.8 Å². The van der Waals surface area contributed by atoms with E-state index in [1.165, 1.54) is 0 Å². The number of aliphatic hydroxyl groups is 1. The molecular weight excluding hydrogens is 290 g/mol. The largest absolute Gasteiger partial charge is 0.380 e. The molecule has 4 heteroatoms. The van der Waals surface area contributed by atoms with Crippen LogP contribution >= 0.6 is 0 Å². The summed E-state index contributed by atoms with van der Waals surface area (Å²) in [6.45, 7) is 7.32. The second kappa shape index (κ2) is 7.63. The van der Waals surface area contributed by atoms with E-state index in [0.29, 0.717) is 18.8 Å². The van der Waals surface area contributed by atoms with E-state index in [1.807, 2.05) is 24.0 Å². The van der Waals surface area contributed by atoms with Crippen molar-refractivity contribution in [3.05, 3.63) is 35.4 Å². The summed E-state index contributed by atoms with van der Waals surface area (Å²) in [7, 11) is 0. The first-order valence-corrected chi connectivity index (χ1v) is 8.15. The maximum atomic E-state index is 12.6. The fraction of sp³-hybridized carbons (Fsp3) is 0.526. The van der Waals surface area contributed by atoms with E-state index in [4.69, 9.17) is 4.74 Å². The third-order valence-electron chi connectivity index (χ3n) is 3.80. The zero-order valence-electron chi connectivity index (χ0n) is 14.1. The average Bonchev–Trinajstić information content (AvgIpc) is 2.98. The van der Waals surface area contributed by atoms with Gasteiger partial charge in [-0.25, -0.2) is 0 Å². The molecule has 1 aliphatic heterocycles. The maximum absolute atomic E-state index is 12.6. The SMILES string of the molecule is CCOC[C@@H]1CCCN1C(=O)c1ccc(C#CC(C)(C)O)cc1. The van der Waals surface area contributed by atoms with Crippen LogP contribution in [0.5, 0.6) is 0 Å². The van der Waals surface area contributed by atoms with E-state index in [-0.39, 0.29) is 11.9 Å². The Labute approximate surface area is 138 Å². The maximum Gasteiger partial charge on any atom is 0.254 e. The molecule has 1 heterocycles. The quantitative estimate of drug-likeness (QED) is 0.868. The van der Waals surface area contributed by atoms with Gasteiger partial charge >= 0.3 is 0 Å². The van der Waals surface area contributed by atoms with Crippen molar-refractivity contribution in [2.75, 3.05) is 19.8 Å². The van der Waals surface area contributed by atoms with Crippen LogP contribution in [0.4, 0.5) is 0 Å². The van der Waals surface area contributed by atoms with Gasteiger partial charge in [0.1, 0.15) is 5.60 Å². The zero-order chi connectivity index (χ0) is 16.9. The number of hydrogen-bond donors (Lipinski definition) is 1. The van der Waals surface area contributed by atoms with Gasteiger partial charge in [0.25, 0.3) is 5.91 Å². The monoisotopic (exact) mass is 315 g/mol. The molecule has 124 valence electrons. The van der Waals surface area contributed by atoms with Crippen LogP contribution in [0.25, 0.3) is 0 Å². The lowest BCUT2D eigenvalue weighted by molar-refractivity contribution is 0.0564.